The second-order valence-electron chi connectivity index (χ2n) is 6.37. The minimum Gasteiger partial charge on any atom is -0.486 e. The van der Waals surface area contributed by atoms with Gasteiger partial charge >= 0.3 is 0 Å². The number of aliphatic hydroxyl groups is 1. The average Bonchev–Trinajstić information content (AvgIpc) is 3.50. The summed E-state index contributed by atoms with van der Waals surface area (Å²) in [6.07, 6.45) is -26.7. The van der Waals surface area contributed by atoms with Crippen LogP contribution in [0.2, 0.25) is 0 Å². The molecule has 2 atom stereocenters. The van der Waals surface area contributed by atoms with E-state index in [1.54, 1.807) is 0 Å². The highest BCUT2D eigenvalue weighted by Gasteiger charge is 2.27. The quantitative estimate of drug-likeness (QED) is 0.573. The van der Waals surface area contributed by atoms with Gasteiger partial charge in [-0.15, -0.1) is 0 Å². The molecule has 0 spiro atoms. The summed E-state index contributed by atoms with van der Waals surface area (Å²) >= 11 is 0. The number of rotatable bonds is 11. The molecule has 0 saturated carbocycles. The number of ether oxygens (including phenoxy) is 2. The van der Waals surface area contributed by atoms with Crippen LogP contribution in [0.1, 0.15) is 92.9 Å². The van der Waals surface area contributed by atoms with E-state index in [1.807, 2.05) is 5.32 Å². The van der Waals surface area contributed by atoms with E-state index in [-0.39, 0.29) is 37.6 Å². The summed E-state index contributed by atoms with van der Waals surface area (Å²) in [6.45, 7) is -5.74. The van der Waals surface area contributed by atoms with Crippen LogP contribution in [0, 0.1) is 0 Å². The van der Waals surface area contributed by atoms with Crippen LogP contribution in [0.3, 0.4) is 0 Å². The van der Waals surface area contributed by atoms with E-state index in [1.165, 1.54) is 23.1 Å². The van der Waals surface area contributed by atoms with Crippen molar-refractivity contribution in [3.8, 4) is 11.5 Å². The lowest BCUT2D eigenvalue weighted by Crippen LogP contribution is -2.46. The molecule has 0 aliphatic carbocycles. The summed E-state index contributed by atoms with van der Waals surface area (Å²) < 4.78 is 148. The minimum atomic E-state index is -4.44. The molecule has 0 bridgehead atoms. The summed E-state index contributed by atoms with van der Waals surface area (Å²) in [7, 11) is 0. The Morgan fingerprint density at radius 2 is 1.97 bits per heavy atom. The van der Waals surface area contributed by atoms with E-state index in [0.717, 1.165) is 0 Å². The van der Waals surface area contributed by atoms with Crippen LogP contribution in [-0.4, -0.2) is 54.8 Å². The van der Waals surface area contributed by atoms with Gasteiger partial charge in [0.25, 0.3) is 0 Å². The Balaban J connectivity index is 2.04. The van der Waals surface area contributed by atoms with Crippen molar-refractivity contribution in [2.45, 2.75) is 70.1 Å². The van der Waals surface area contributed by atoms with Gasteiger partial charge in [0.2, 0.25) is 5.91 Å². The zero-order valence-electron chi connectivity index (χ0n) is 32.7. The van der Waals surface area contributed by atoms with Crippen LogP contribution in [0.4, 0.5) is 0 Å². The molecular formula is C23H36N2O4. The molecule has 2 heterocycles. The standard InChI is InChI=1S/C23H36N2O4/c1-2-3-4-5-6-9-22(26)24-19(17-25-12-7-8-13-25)23(27)18-10-11-20-21(16-18)29-15-14-28-20/h10-11,16,19,23,27H,2-9,12-15,17H2,1H3,(H,24,26)/i1D3,2D2,3D2,4D2,5D2,6D2,9D2,17D2. The van der Waals surface area contributed by atoms with Crippen LogP contribution in [0.25, 0.3) is 0 Å². The van der Waals surface area contributed by atoms with E-state index in [0.29, 0.717) is 18.6 Å². The second kappa shape index (κ2) is 11.4. The fraction of sp³-hybridized carbons (Fsp3) is 0.696. The lowest BCUT2D eigenvalue weighted by atomic mass is 10.0. The number of nitrogens with zero attached hydrogens (tertiary/aromatic N) is 1. The summed E-state index contributed by atoms with van der Waals surface area (Å²) in [6, 6.07) is 2.00. The summed E-state index contributed by atoms with van der Waals surface area (Å²) in [5, 5.41) is 13.3. The highest BCUT2D eigenvalue weighted by atomic mass is 16.6. The Bertz CT molecular complexity index is 1280. The van der Waals surface area contributed by atoms with Gasteiger partial charge in [-0.3, -0.25) is 4.79 Å². The topological polar surface area (TPSA) is 71.0 Å². The number of hydrogen-bond acceptors (Lipinski definition) is 5. The van der Waals surface area contributed by atoms with Gasteiger partial charge in [-0.2, -0.15) is 0 Å². The molecule has 29 heavy (non-hydrogen) atoms. The Kier molecular flexibility index (Phi) is 3.44. The van der Waals surface area contributed by atoms with Crippen molar-refractivity contribution in [1.82, 2.24) is 10.2 Å². The fourth-order valence-electron chi connectivity index (χ4n) is 3.02. The molecule has 0 aromatic heterocycles. The molecule has 1 aromatic rings. The molecule has 2 N–H and O–H groups in total. The molecule has 1 amide bonds. The van der Waals surface area contributed by atoms with Crippen LogP contribution in [0.5, 0.6) is 11.5 Å². The lowest BCUT2D eigenvalue weighted by Gasteiger charge is -2.29. The number of nitrogens with one attached hydrogen (secondary N) is 1. The van der Waals surface area contributed by atoms with Gasteiger partial charge in [-0.1, -0.05) is 38.4 Å². The van der Waals surface area contributed by atoms with Crippen LogP contribution >= 0.6 is 0 Å². The van der Waals surface area contributed by atoms with Crippen LogP contribution in [0.15, 0.2) is 18.2 Å². The lowest BCUT2D eigenvalue weighted by molar-refractivity contribution is -0.123. The molecule has 3 rings (SSSR count). The Hall–Kier alpha value is -1.79. The molecule has 2 aliphatic rings. The van der Waals surface area contributed by atoms with E-state index in [9.17, 15) is 9.90 Å². The van der Waals surface area contributed by atoms with Crippen molar-refractivity contribution in [2.24, 2.45) is 0 Å². The number of aliphatic hydroxyl groups excluding tert-OH is 1. The van der Waals surface area contributed by atoms with Gasteiger partial charge in [0, 0.05) is 36.2 Å². The van der Waals surface area contributed by atoms with E-state index >= 15 is 0 Å². The maximum Gasteiger partial charge on any atom is 0.220 e. The zero-order valence-corrected chi connectivity index (χ0v) is 15.7. The fourth-order valence-corrected chi connectivity index (χ4v) is 3.02. The first-order valence-electron chi connectivity index (χ1n) is 17.7. The molecule has 0 radical (unpaired) electrons. The largest absolute Gasteiger partial charge is 0.486 e. The van der Waals surface area contributed by atoms with Gasteiger partial charge in [0.15, 0.2) is 11.5 Å². The number of carbonyl (C=O) groups excluding carboxylic acids is 1. The van der Waals surface area contributed by atoms with Crippen LogP contribution < -0.4 is 14.8 Å². The third-order valence-corrected chi connectivity index (χ3v) is 4.36. The van der Waals surface area contributed by atoms with E-state index in [4.69, 9.17) is 32.8 Å². The predicted molar refractivity (Wildman–Crippen MR) is 113 cm³/mol. The van der Waals surface area contributed by atoms with Gasteiger partial charge in [-0.05, 0) is 50.0 Å². The second-order valence-corrected chi connectivity index (χ2v) is 6.37. The predicted octanol–water partition coefficient (Wildman–Crippen LogP) is 3.43. The monoisotopic (exact) mass is 421 g/mol. The van der Waals surface area contributed by atoms with Crippen molar-refractivity contribution in [3.05, 3.63) is 23.8 Å². The van der Waals surface area contributed by atoms with Crippen molar-refractivity contribution in [1.29, 1.82) is 0 Å². The molecular weight excluding hydrogens is 368 g/mol. The van der Waals surface area contributed by atoms with Gasteiger partial charge in [0.1, 0.15) is 19.3 Å². The summed E-state index contributed by atoms with van der Waals surface area (Å²) in [5.41, 5.74) is -0.0204. The third kappa shape index (κ3) is 6.61. The molecule has 1 saturated heterocycles. The SMILES string of the molecule is [2H]C([2H])(C(NC(=O)C([2H])([2H])C([2H])([2H])C([2H])([2H])C([2H])([2H])C([2H])([2H])C([2H])([2H])C([2H])([2H])[2H])C(O)c1ccc2c(c1)OCCO2)N1CCCC1. The minimum absolute atomic E-state index is 0.0204. The normalized spacial score (nSPS) is 31.0. The molecule has 2 unspecified atom stereocenters. The Morgan fingerprint density at radius 3 is 2.76 bits per heavy atom. The molecule has 6 heteroatoms. The van der Waals surface area contributed by atoms with E-state index < -0.39 is 69.6 Å². The third-order valence-electron chi connectivity index (χ3n) is 4.36. The summed E-state index contributed by atoms with van der Waals surface area (Å²) in [5.74, 6) is -1.56. The number of likely N-dealkylation sites (tertiary alicyclic amines) is 1. The van der Waals surface area contributed by atoms with Gasteiger partial charge < -0.3 is 24.8 Å². The maximum atomic E-state index is 13.5. The molecule has 2 aliphatic heterocycles. The van der Waals surface area contributed by atoms with Crippen molar-refractivity contribution >= 4 is 5.91 Å². The Labute approximate surface area is 198 Å². The Morgan fingerprint density at radius 1 is 1.21 bits per heavy atom. The maximum absolute atomic E-state index is 13.5. The number of fused-ring (bicyclic) bond motifs is 1. The van der Waals surface area contributed by atoms with Crippen molar-refractivity contribution in [2.75, 3.05) is 32.8 Å². The summed E-state index contributed by atoms with van der Waals surface area (Å²) in [4.78, 5) is 14.8. The van der Waals surface area contributed by atoms with Gasteiger partial charge in [-0.25, -0.2) is 0 Å². The van der Waals surface area contributed by atoms with Gasteiger partial charge in [0.05, 0.1) is 6.04 Å². The number of benzene rings is 1. The molecule has 1 fully saturated rings. The molecule has 6 nitrogen and oxygen atoms in total. The smallest absolute Gasteiger partial charge is 0.220 e. The number of carbonyl (C=O) groups is 1. The van der Waals surface area contributed by atoms with Crippen molar-refractivity contribution in [3.63, 3.8) is 0 Å². The van der Waals surface area contributed by atoms with E-state index in [2.05, 4.69) is 0 Å². The molecule has 1 aromatic carbocycles. The first-order chi connectivity index (χ1) is 20.6. The highest BCUT2D eigenvalue weighted by Crippen LogP contribution is 2.33. The number of hydrogen-bond donors (Lipinski definition) is 2. The highest BCUT2D eigenvalue weighted by molar-refractivity contribution is 5.76. The zero-order chi connectivity index (χ0) is 35.5. The number of amides is 1. The first-order valence-corrected chi connectivity index (χ1v) is 9.24. The first kappa shape index (κ1) is 8.75. The van der Waals surface area contributed by atoms with Crippen molar-refractivity contribution < 1.29 is 42.7 Å². The average molecular weight is 422 g/mol. The van der Waals surface area contributed by atoms with Crippen LogP contribution in [-0.2, 0) is 4.79 Å². The molecule has 162 valence electrons.